The minimum Gasteiger partial charge on any atom is -0.386 e. The lowest BCUT2D eigenvalue weighted by Crippen LogP contribution is -2.61. The number of hydrogen-bond acceptors (Lipinski definition) is 3. The van der Waals surface area contributed by atoms with Crippen molar-refractivity contribution in [1.82, 2.24) is 0 Å². The van der Waals surface area contributed by atoms with Crippen molar-refractivity contribution in [2.75, 3.05) is 0 Å². The molecule has 18 heavy (non-hydrogen) atoms. The molecular formula is C14H23ClO3. The van der Waals surface area contributed by atoms with Crippen molar-refractivity contribution in [3.63, 3.8) is 0 Å². The Bertz CT molecular complexity index is 368. The van der Waals surface area contributed by atoms with Gasteiger partial charge in [-0.2, -0.15) is 0 Å². The molecule has 3 nitrogen and oxygen atoms in total. The predicted molar refractivity (Wildman–Crippen MR) is 69.3 cm³/mol. The first kappa shape index (κ1) is 13.2. The summed E-state index contributed by atoms with van der Waals surface area (Å²) in [5.41, 5.74) is -0.870. The van der Waals surface area contributed by atoms with E-state index in [9.17, 15) is 10.2 Å². The van der Waals surface area contributed by atoms with Gasteiger partial charge in [0.15, 0.2) is 5.79 Å². The molecule has 4 heteroatoms. The number of hydrogen-bond donors (Lipinski definition) is 2. The maximum absolute atomic E-state index is 10.7. The number of ether oxygens (including phenoxy) is 1. The Hall–Kier alpha value is 0.170. The molecule has 0 amide bonds. The molecule has 2 N–H and O–H groups in total. The van der Waals surface area contributed by atoms with Crippen molar-refractivity contribution in [3.8, 4) is 0 Å². The zero-order chi connectivity index (χ0) is 13.3. The number of rotatable bonds is 0. The summed E-state index contributed by atoms with van der Waals surface area (Å²) in [4.78, 5) is 0. The highest BCUT2D eigenvalue weighted by molar-refractivity contribution is 6.21. The lowest BCUT2D eigenvalue weighted by Gasteiger charge is -2.58. The van der Waals surface area contributed by atoms with E-state index in [0.717, 1.165) is 12.8 Å². The number of alkyl halides is 1. The molecule has 0 spiro atoms. The van der Waals surface area contributed by atoms with E-state index in [4.69, 9.17) is 16.3 Å². The Morgan fingerprint density at radius 3 is 2.44 bits per heavy atom. The third-order valence-corrected chi connectivity index (χ3v) is 6.29. The Morgan fingerprint density at radius 2 is 1.83 bits per heavy atom. The van der Waals surface area contributed by atoms with Crippen LogP contribution in [0.5, 0.6) is 0 Å². The van der Waals surface area contributed by atoms with Crippen molar-refractivity contribution in [1.29, 1.82) is 0 Å². The average Bonchev–Trinajstić information content (AvgIpc) is 2.66. The summed E-state index contributed by atoms with van der Waals surface area (Å²) in [6.07, 6.45) is 2.71. The third kappa shape index (κ3) is 1.60. The molecule has 2 heterocycles. The van der Waals surface area contributed by atoms with Gasteiger partial charge in [0, 0.05) is 12.3 Å². The van der Waals surface area contributed by atoms with Crippen LogP contribution in [0.1, 0.15) is 46.5 Å². The molecule has 2 aliphatic heterocycles. The van der Waals surface area contributed by atoms with Gasteiger partial charge in [-0.25, -0.2) is 0 Å². The van der Waals surface area contributed by atoms with Crippen molar-refractivity contribution >= 4 is 11.6 Å². The number of halogens is 1. The molecule has 0 radical (unpaired) electrons. The Morgan fingerprint density at radius 1 is 1.17 bits per heavy atom. The molecular weight excluding hydrogens is 252 g/mol. The molecule has 104 valence electrons. The quantitative estimate of drug-likeness (QED) is 0.667. The molecule has 1 saturated carbocycles. The highest BCUT2D eigenvalue weighted by Crippen LogP contribution is 2.62. The first-order valence-corrected chi connectivity index (χ1v) is 7.37. The van der Waals surface area contributed by atoms with Gasteiger partial charge >= 0.3 is 0 Å². The van der Waals surface area contributed by atoms with Gasteiger partial charge in [-0.15, -0.1) is 11.6 Å². The van der Waals surface area contributed by atoms with Crippen LogP contribution in [-0.4, -0.2) is 33.1 Å². The molecule has 1 aliphatic carbocycles. The Kier molecular flexibility index (Phi) is 2.65. The molecule has 2 saturated heterocycles. The largest absolute Gasteiger partial charge is 0.386 e. The molecule has 0 aromatic carbocycles. The van der Waals surface area contributed by atoms with Gasteiger partial charge in [-0.1, -0.05) is 13.8 Å². The van der Waals surface area contributed by atoms with Gasteiger partial charge in [0.05, 0.1) is 11.5 Å². The standard InChI is InChI=1S/C14H23ClO3/c1-12(2)7-9-8(12)6-10(15)13(3,16)11-4-5-14(9,17)18-11/h8-11,16-17H,4-7H2,1-3H3/t8-,9+,10-,11+,13-,14-/m0/s1. The SMILES string of the molecule is CC1(C)C[C@@H]2[C@@H]1C[C@H](Cl)[C@](C)(O)[C@H]1CC[C@]2(O)O1. The van der Waals surface area contributed by atoms with Crippen molar-refractivity contribution in [2.24, 2.45) is 17.3 Å². The van der Waals surface area contributed by atoms with Crippen LogP contribution in [0.3, 0.4) is 0 Å². The summed E-state index contributed by atoms with van der Waals surface area (Å²) in [6.45, 7) is 6.17. The van der Waals surface area contributed by atoms with Crippen LogP contribution < -0.4 is 0 Å². The van der Waals surface area contributed by atoms with Crippen LogP contribution in [0.4, 0.5) is 0 Å². The van der Waals surface area contributed by atoms with Gasteiger partial charge in [0.1, 0.15) is 5.60 Å². The first-order valence-electron chi connectivity index (χ1n) is 6.93. The topological polar surface area (TPSA) is 49.7 Å². The second-order valence-electron chi connectivity index (χ2n) is 7.32. The first-order chi connectivity index (χ1) is 8.17. The normalized spacial score (nSPS) is 58.3. The molecule has 2 bridgehead atoms. The van der Waals surface area contributed by atoms with E-state index in [1.807, 2.05) is 0 Å². The monoisotopic (exact) mass is 274 g/mol. The lowest BCUT2D eigenvalue weighted by atomic mass is 9.51. The van der Waals surface area contributed by atoms with Crippen LogP contribution in [0.25, 0.3) is 0 Å². The zero-order valence-corrected chi connectivity index (χ0v) is 12.1. The van der Waals surface area contributed by atoms with E-state index in [-0.39, 0.29) is 22.8 Å². The number of fused-ring (bicyclic) bond motifs is 4. The number of aliphatic hydroxyl groups is 2. The Balaban J connectivity index is 1.95. The summed E-state index contributed by atoms with van der Waals surface area (Å²) in [5.74, 6) is -0.531. The minimum atomic E-state index is -1.05. The van der Waals surface area contributed by atoms with Crippen LogP contribution in [0, 0.1) is 17.3 Å². The maximum atomic E-state index is 10.7. The van der Waals surface area contributed by atoms with E-state index >= 15 is 0 Å². The second kappa shape index (κ2) is 3.63. The van der Waals surface area contributed by atoms with E-state index < -0.39 is 11.4 Å². The molecule has 3 rings (SSSR count). The summed E-state index contributed by atoms with van der Waals surface area (Å²) < 4.78 is 5.82. The van der Waals surface area contributed by atoms with Crippen molar-refractivity contribution in [3.05, 3.63) is 0 Å². The second-order valence-corrected chi connectivity index (χ2v) is 7.85. The molecule has 0 unspecified atom stereocenters. The fourth-order valence-corrected chi connectivity index (χ4v) is 4.58. The van der Waals surface area contributed by atoms with E-state index in [0.29, 0.717) is 18.8 Å². The van der Waals surface area contributed by atoms with Crippen molar-refractivity contribution < 1.29 is 14.9 Å². The third-order valence-electron chi connectivity index (χ3n) is 5.67. The van der Waals surface area contributed by atoms with Gasteiger partial charge < -0.3 is 14.9 Å². The molecule has 3 fully saturated rings. The summed E-state index contributed by atoms with van der Waals surface area (Å²) in [7, 11) is 0. The van der Waals surface area contributed by atoms with Gasteiger partial charge in [-0.3, -0.25) is 0 Å². The predicted octanol–water partition coefficient (Wildman–Crippen LogP) is 2.28. The summed E-state index contributed by atoms with van der Waals surface area (Å²) in [5, 5.41) is 21.0. The minimum absolute atomic E-state index is 0.176. The molecule has 0 aromatic rings. The summed E-state index contributed by atoms with van der Waals surface area (Å²) >= 11 is 6.43. The van der Waals surface area contributed by atoms with E-state index in [1.54, 1.807) is 6.92 Å². The van der Waals surface area contributed by atoms with Gasteiger partial charge in [-0.05, 0) is 37.5 Å². The van der Waals surface area contributed by atoms with Crippen molar-refractivity contribution in [2.45, 2.75) is 69.3 Å². The van der Waals surface area contributed by atoms with Crippen LogP contribution in [0.15, 0.2) is 0 Å². The lowest BCUT2D eigenvalue weighted by molar-refractivity contribution is -0.303. The summed E-state index contributed by atoms with van der Waals surface area (Å²) in [6, 6.07) is 0. The molecule has 3 aliphatic rings. The van der Waals surface area contributed by atoms with E-state index in [2.05, 4.69) is 13.8 Å². The van der Waals surface area contributed by atoms with E-state index in [1.165, 1.54) is 0 Å². The molecule has 6 atom stereocenters. The van der Waals surface area contributed by atoms with Gasteiger partial charge in [0.2, 0.25) is 0 Å². The highest BCUT2D eigenvalue weighted by atomic mass is 35.5. The van der Waals surface area contributed by atoms with Crippen LogP contribution in [-0.2, 0) is 4.74 Å². The fraction of sp³-hybridized carbons (Fsp3) is 1.00. The average molecular weight is 275 g/mol. The fourth-order valence-electron chi connectivity index (χ4n) is 4.25. The smallest absolute Gasteiger partial charge is 0.169 e. The zero-order valence-electron chi connectivity index (χ0n) is 11.3. The van der Waals surface area contributed by atoms with Crippen LogP contribution >= 0.6 is 11.6 Å². The molecule has 0 aromatic heterocycles. The van der Waals surface area contributed by atoms with Crippen LogP contribution in [0.2, 0.25) is 0 Å². The Labute approximate surface area is 113 Å². The van der Waals surface area contributed by atoms with Gasteiger partial charge in [0.25, 0.3) is 0 Å². The highest BCUT2D eigenvalue weighted by Gasteiger charge is 2.63. The maximum Gasteiger partial charge on any atom is 0.169 e.